The molecule has 1 saturated carbocycles. The minimum absolute atomic E-state index is 0.0442. The van der Waals surface area contributed by atoms with E-state index in [1.165, 1.54) is 7.11 Å². The topological polar surface area (TPSA) is 58.6 Å². The highest BCUT2D eigenvalue weighted by molar-refractivity contribution is 6.33. The van der Waals surface area contributed by atoms with Crippen molar-refractivity contribution in [1.82, 2.24) is 4.90 Å². The molecule has 5 nitrogen and oxygen atoms in total. The van der Waals surface area contributed by atoms with E-state index < -0.39 is 5.97 Å². The molecule has 2 amide bonds. The van der Waals surface area contributed by atoms with Gasteiger partial charge in [0.25, 0.3) is 0 Å². The summed E-state index contributed by atoms with van der Waals surface area (Å²) in [6, 6.07) is 6.78. The molecule has 1 fully saturated rings. The van der Waals surface area contributed by atoms with Gasteiger partial charge in [0.1, 0.15) is 6.54 Å². The maximum Gasteiger partial charge on any atom is 0.325 e. The van der Waals surface area contributed by atoms with Gasteiger partial charge in [0, 0.05) is 6.04 Å². The normalized spacial score (nSPS) is 14.8. The number of amides is 2. The van der Waals surface area contributed by atoms with Crippen LogP contribution < -0.4 is 5.32 Å². The second-order valence-corrected chi connectivity index (χ2v) is 5.46. The number of esters is 1. The second kappa shape index (κ2) is 7.31. The van der Waals surface area contributed by atoms with Crippen LogP contribution in [0, 0.1) is 0 Å². The average Bonchev–Trinajstić information content (AvgIpc) is 3.00. The maximum absolute atomic E-state index is 12.5. The van der Waals surface area contributed by atoms with Crippen LogP contribution in [0.25, 0.3) is 0 Å². The summed E-state index contributed by atoms with van der Waals surface area (Å²) in [5.74, 6) is -0.420. The number of halogens is 1. The largest absolute Gasteiger partial charge is 0.468 e. The van der Waals surface area contributed by atoms with E-state index in [0.717, 1.165) is 25.7 Å². The van der Waals surface area contributed by atoms with Crippen molar-refractivity contribution >= 4 is 29.3 Å². The van der Waals surface area contributed by atoms with Crippen molar-refractivity contribution < 1.29 is 14.3 Å². The van der Waals surface area contributed by atoms with E-state index in [9.17, 15) is 9.59 Å². The third kappa shape index (κ3) is 4.11. The molecule has 0 aromatic heterocycles. The molecule has 0 heterocycles. The van der Waals surface area contributed by atoms with Crippen LogP contribution in [0.2, 0.25) is 5.02 Å². The van der Waals surface area contributed by atoms with Gasteiger partial charge in [0.05, 0.1) is 17.8 Å². The van der Waals surface area contributed by atoms with Crippen LogP contribution in [-0.2, 0) is 9.53 Å². The van der Waals surface area contributed by atoms with Gasteiger partial charge in [-0.2, -0.15) is 0 Å². The number of hydrogen-bond acceptors (Lipinski definition) is 3. The van der Waals surface area contributed by atoms with Crippen LogP contribution in [0.3, 0.4) is 0 Å². The summed E-state index contributed by atoms with van der Waals surface area (Å²) in [7, 11) is 1.32. The smallest absolute Gasteiger partial charge is 0.325 e. The highest BCUT2D eigenvalue weighted by Crippen LogP contribution is 2.25. The van der Waals surface area contributed by atoms with Crippen LogP contribution in [0.1, 0.15) is 25.7 Å². The molecule has 0 aliphatic heterocycles. The molecule has 1 aliphatic rings. The van der Waals surface area contributed by atoms with Gasteiger partial charge in [-0.15, -0.1) is 0 Å². The molecule has 0 spiro atoms. The molecule has 0 radical (unpaired) electrons. The molecule has 1 aromatic carbocycles. The van der Waals surface area contributed by atoms with Gasteiger partial charge >= 0.3 is 12.0 Å². The van der Waals surface area contributed by atoms with Crippen molar-refractivity contribution in [2.45, 2.75) is 31.7 Å². The van der Waals surface area contributed by atoms with Crippen LogP contribution >= 0.6 is 11.6 Å². The lowest BCUT2D eigenvalue weighted by atomic mass is 10.2. The third-order valence-corrected chi connectivity index (χ3v) is 4.00. The highest BCUT2D eigenvalue weighted by atomic mass is 35.5. The summed E-state index contributed by atoms with van der Waals surface area (Å²) in [6.45, 7) is -0.0442. The zero-order valence-electron chi connectivity index (χ0n) is 12.0. The van der Waals surface area contributed by atoms with Gasteiger partial charge in [0.2, 0.25) is 0 Å². The predicted molar refractivity (Wildman–Crippen MR) is 81.4 cm³/mol. The summed E-state index contributed by atoms with van der Waals surface area (Å²) in [6.07, 6.45) is 3.96. The molecule has 1 N–H and O–H groups in total. The maximum atomic E-state index is 12.5. The van der Waals surface area contributed by atoms with Crippen molar-refractivity contribution in [2.75, 3.05) is 19.0 Å². The van der Waals surface area contributed by atoms with E-state index in [0.29, 0.717) is 10.7 Å². The molecule has 0 unspecified atom stereocenters. The Morgan fingerprint density at radius 2 is 2.00 bits per heavy atom. The molecule has 0 bridgehead atoms. The molecule has 6 heteroatoms. The van der Waals surface area contributed by atoms with E-state index in [1.54, 1.807) is 29.2 Å². The highest BCUT2D eigenvalue weighted by Gasteiger charge is 2.29. The van der Waals surface area contributed by atoms with Gasteiger partial charge in [-0.25, -0.2) is 4.79 Å². The Labute approximate surface area is 129 Å². The van der Waals surface area contributed by atoms with E-state index in [2.05, 4.69) is 10.1 Å². The fourth-order valence-corrected chi connectivity index (χ4v) is 2.72. The number of urea groups is 1. The number of nitrogens with one attached hydrogen (secondary N) is 1. The van der Waals surface area contributed by atoms with E-state index >= 15 is 0 Å². The molecule has 2 rings (SSSR count). The van der Waals surface area contributed by atoms with Crippen molar-refractivity contribution in [2.24, 2.45) is 0 Å². The van der Waals surface area contributed by atoms with E-state index in [-0.39, 0.29) is 18.6 Å². The summed E-state index contributed by atoms with van der Waals surface area (Å²) < 4.78 is 4.68. The van der Waals surface area contributed by atoms with Crippen molar-refractivity contribution in [3.05, 3.63) is 29.3 Å². The number of para-hydroxylation sites is 1. The van der Waals surface area contributed by atoms with Crippen molar-refractivity contribution in [3.63, 3.8) is 0 Å². The Morgan fingerprint density at radius 1 is 1.33 bits per heavy atom. The first-order chi connectivity index (χ1) is 10.1. The second-order valence-electron chi connectivity index (χ2n) is 5.05. The van der Waals surface area contributed by atoms with E-state index in [1.807, 2.05) is 0 Å². The Hall–Kier alpha value is -1.75. The molecule has 0 atom stereocenters. The first kappa shape index (κ1) is 15.6. The fourth-order valence-electron chi connectivity index (χ4n) is 2.54. The van der Waals surface area contributed by atoms with Crippen LogP contribution in [0.15, 0.2) is 24.3 Å². The Morgan fingerprint density at radius 3 is 2.62 bits per heavy atom. The summed E-state index contributed by atoms with van der Waals surface area (Å²) in [5.41, 5.74) is 0.539. The number of anilines is 1. The zero-order valence-corrected chi connectivity index (χ0v) is 12.7. The lowest BCUT2D eigenvalue weighted by Gasteiger charge is -2.28. The van der Waals surface area contributed by atoms with E-state index in [4.69, 9.17) is 11.6 Å². The van der Waals surface area contributed by atoms with Gasteiger partial charge in [-0.05, 0) is 25.0 Å². The molecular weight excluding hydrogens is 292 g/mol. The number of methoxy groups -OCH3 is 1. The lowest BCUT2D eigenvalue weighted by Crippen LogP contribution is -2.45. The number of rotatable bonds is 4. The van der Waals surface area contributed by atoms with Crippen LogP contribution in [0.5, 0.6) is 0 Å². The zero-order chi connectivity index (χ0) is 15.2. The summed E-state index contributed by atoms with van der Waals surface area (Å²) >= 11 is 6.04. The summed E-state index contributed by atoms with van der Waals surface area (Å²) in [5, 5.41) is 3.23. The molecule has 114 valence electrons. The number of carbonyl (C=O) groups is 2. The molecule has 1 aliphatic carbocycles. The minimum Gasteiger partial charge on any atom is -0.468 e. The van der Waals surface area contributed by atoms with Gasteiger partial charge in [-0.1, -0.05) is 36.6 Å². The molecule has 1 aromatic rings. The quantitative estimate of drug-likeness (QED) is 0.868. The van der Waals surface area contributed by atoms with Crippen LogP contribution in [0.4, 0.5) is 10.5 Å². The first-order valence-electron chi connectivity index (χ1n) is 7.01. The minimum atomic E-state index is -0.420. The fraction of sp³-hybridized carbons (Fsp3) is 0.467. The SMILES string of the molecule is COC(=O)CN(C(=O)Nc1ccccc1Cl)C1CCCC1. The lowest BCUT2D eigenvalue weighted by molar-refractivity contribution is -0.141. The van der Waals surface area contributed by atoms with Crippen LogP contribution in [-0.4, -0.2) is 36.6 Å². The predicted octanol–water partition coefficient (Wildman–Crippen LogP) is 3.29. The number of carbonyl (C=O) groups excluding carboxylic acids is 2. The number of hydrogen-bond donors (Lipinski definition) is 1. The van der Waals surface area contributed by atoms with Crippen molar-refractivity contribution in [3.8, 4) is 0 Å². The Balaban J connectivity index is 2.10. The summed E-state index contributed by atoms with van der Waals surface area (Å²) in [4.78, 5) is 25.5. The average molecular weight is 311 g/mol. The van der Waals surface area contributed by atoms with Gasteiger partial charge < -0.3 is 15.0 Å². The first-order valence-corrected chi connectivity index (χ1v) is 7.38. The Bertz CT molecular complexity index is 515. The molecular formula is C15H19ClN2O3. The number of ether oxygens (including phenoxy) is 1. The Kier molecular flexibility index (Phi) is 5.44. The third-order valence-electron chi connectivity index (χ3n) is 3.67. The van der Waals surface area contributed by atoms with Crippen molar-refractivity contribution in [1.29, 1.82) is 0 Å². The standard InChI is InChI=1S/C15H19ClN2O3/c1-21-14(19)10-18(11-6-2-3-7-11)15(20)17-13-9-5-4-8-12(13)16/h4-5,8-9,11H,2-3,6-7,10H2,1H3,(H,17,20). The van der Waals surface area contributed by atoms with Gasteiger partial charge in [0.15, 0.2) is 0 Å². The molecule has 0 saturated heterocycles. The number of nitrogens with zero attached hydrogens (tertiary/aromatic N) is 1. The molecule has 21 heavy (non-hydrogen) atoms. The number of benzene rings is 1. The van der Waals surface area contributed by atoms with Gasteiger partial charge in [-0.3, -0.25) is 4.79 Å². The monoisotopic (exact) mass is 310 g/mol.